The van der Waals surface area contributed by atoms with E-state index in [1.54, 1.807) is 30.5 Å². The minimum absolute atomic E-state index is 0.0241. The number of halogens is 4. The normalized spacial score (nSPS) is 16.1. The number of anilines is 1. The number of rotatable bonds is 4. The van der Waals surface area contributed by atoms with Crippen LogP contribution in [0.25, 0.3) is 10.9 Å². The van der Waals surface area contributed by atoms with Gasteiger partial charge in [-0.3, -0.25) is 9.78 Å². The van der Waals surface area contributed by atoms with E-state index in [0.29, 0.717) is 27.7 Å². The molecule has 0 unspecified atom stereocenters. The first-order chi connectivity index (χ1) is 15.6. The summed E-state index contributed by atoms with van der Waals surface area (Å²) in [5, 5.41) is 4.04. The van der Waals surface area contributed by atoms with Gasteiger partial charge in [-0.1, -0.05) is 17.7 Å². The van der Waals surface area contributed by atoms with Crippen molar-refractivity contribution in [2.75, 3.05) is 18.4 Å². The number of nitrogens with zero attached hydrogens (tertiary/aromatic N) is 2. The molecule has 4 rings (SSSR count). The molecule has 2 aromatic carbocycles. The lowest BCUT2D eigenvalue weighted by Gasteiger charge is -2.30. The molecule has 1 aliphatic rings. The van der Waals surface area contributed by atoms with Crippen molar-refractivity contribution in [2.24, 2.45) is 5.92 Å². The number of amides is 1. The highest BCUT2D eigenvalue weighted by molar-refractivity contribution is 7.89. The van der Waals surface area contributed by atoms with E-state index in [1.165, 1.54) is 0 Å². The predicted molar refractivity (Wildman–Crippen MR) is 118 cm³/mol. The fourth-order valence-electron chi connectivity index (χ4n) is 3.81. The summed E-state index contributed by atoms with van der Waals surface area (Å²) in [6.45, 7) is 0.0482. The Balaban J connectivity index is 1.45. The number of benzene rings is 2. The number of pyridine rings is 1. The van der Waals surface area contributed by atoms with Crippen molar-refractivity contribution in [2.45, 2.75) is 23.9 Å². The molecule has 0 spiro atoms. The zero-order chi connectivity index (χ0) is 23.8. The van der Waals surface area contributed by atoms with Gasteiger partial charge in [0.2, 0.25) is 15.9 Å². The van der Waals surface area contributed by atoms with Crippen LogP contribution in [-0.4, -0.2) is 36.7 Å². The van der Waals surface area contributed by atoms with E-state index in [2.05, 4.69) is 10.3 Å². The van der Waals surface area contributed by atoms with Crippen molar-refractivity contribution in [3.8, 4) is 0 Å². The third-order valence-corrected chi connectivity index (χ3v) is 7.82. The molecule has 11 heteroatoms. The zero-order valence-corrected chi connectivity index (χ0v) is 18.7. The van der Waals surface area contributed by atoms with E-state index >= 15 is 0 Å². The molecule has 1 N–H and O–H groups in total. The Kier molecular flexibility index (Phi) is 6.35. The molecule has 0 saturated carbocycles. The summed E-state index contributed by atoms with van der Waals surface area (Å²) in [5.74, 6) is -0.729. The molecule has 174 valence electrons. The van der Waals surface area contributed by atoms with Crippen LogP contribution in [0.1, 0.15) is 18.4 Å². The van der Waals surface area contributed by atoms with Gasteiger partial charge in [-0.25, -0.2) is 8.42 Å². The van der Waals surface area contributed by atoms with Gasteiger partial charge in [-0.2, -0.15) is 17.5 Å². The van der Waals surface area contributed by atoms with Gasteiger partial charge >= 0.3 is 6.18 Å². The molecule has 1 fully saturated rings. The third kappa shape index (κ3) is 4.83. The Morgan fingerprint density at radius 3 is 2.52 bits per heavy atom. The first kappa shape index (κ1) is 23.5. The van der Waals surface area contributed by atoms with Gasteiger partial charge in [0.1, 0.15) is 0 Å². The van der Waals surface area contributed by atoms with Crippen LogP contribution in [-0.2, 0) is 21.0 Å². The van der Waals surface area contributed by atoms with E-state index in [4.69, 9.17) is 11.6 Å². The molecule has 0 aliphatic carbocycles. The maximum absolute atomic E-state index is 13.0. The van der Waals surface area contributed by atoms with Crippen LogP contribution in [0.2, 0.25) is 5.02 Å². The largest absolute Gasteiger partial charge is 0.416 e. The minimum atomic E-state index is -4.64. The summed E-state index contributed by atoms with van der Waals surface area (Å²) in [5.41, 5.74) is 0.0172. The summed E-state index contributed by atoms with van der Waals surface area (Å²) in [6, 6.07) is 10.5. The number of piperidine rings is 1. The zero-order valence-electron chi connectivity index (χ0n) is 17.1. The highest BCUT2D eigenvalue weighted by Gasteiger charge is 2.35. The first-order valence-electron chi connectivity index (χ1n) is 10.1. The Hall–Kier alpha value is -2.69. The molecule has 1 aromatic heterocycles. The average Bonchev–Trinajstić information content (AvgIpc) is 2.80. The molecule has 1 saturated heterocycles. The van der Waals surface area contributed by atoms with Gasteiger partial charge in [0.25, 0.3) is 0 Å². The summed E-state index contributed by atoms with van der Waals surface area (Å²) >= 11 is 6.18. The average molecular weight is 498 g/mol. The third-order valence-electron chi connectivity index (χ3n) is 5.60. The Labute approximate surface area is 193 Å². The number of hydrogen-bond acceptors (Lipinski definition) is 4. The van der Waals surface area contributed by atoms with Crippen LogP contribution in [0.5, 0.6) is 0 Å². The van der Waals surface area contributed by atoms with Crippen molar-refractivity contribution in [3.05, 3.63) is 65.3 Å². The number of carbonyl (C=O) groups excluding carboxylic acids is 1. The lowest BCUT2D eigenvalue weighted by molar-refractivity contribution is -0.137. The number of fused-ring (bicyclic) bond motifs is 1. The van der Waals surface area contributed by atoms with Crippen LogP contribution in [0, 0.1) is 5.92 Å². The summed E-state index contributed by atoms with van der Waals surface area (Å²) < 4.78 is 65.7. The Morgan fingerprint density at radius 1 is 1.09 bits per heavy atom. The van der Waals surface area contributed by atoms with E-state index in [-0.39, 0.29) is 31.8 Å². The topological polar surface area (TPSA) is 79.4 Å². The molecule has 0 bridgehead atoms. The van der Waals surface area contributed by atoms with Crippen molar-refractivity contribution >= 4 is 44.1 Å². The summed E-state index contributed by atoms with van der Waals surface area (Å²) in [7, 11) is -4.11. The molecule has 2 heterocycles. The van der Waals surface area contributed by atoms with Crippen molar-refractivity contribution < 1.29 is 26.4 Å². The van der Waals surface area contributed by atoms with Gasteiger partial charge in [0, 0.05) is 30.6 Å². The van der Waals surface area contributed by atoms with Gasteiger partial charge in [-0.05, 0) is 55.3 Å². The van der Waals surface area contributed by atoms with Crippen LogP contribution >= 0.6 is 11.6 Å². The predicted octanol–water partition coefficient (Wildman–Crippen LogP) is 4.95. The maximum Gasteiger partial charge on any atom is 0.416 e. The number of hydrogen-bond donors (Lipinski definition) is 1. The van der Waals surface area contributed by atoms with Crippen LogP contribution in [0.15, 0.2) is 59.6 Å². The fraction of sp³-hybridized carbons (Fsp3) is 0.273. The van der Waals surface area contributed by atoms with E-state index < -0.39 is 32.6 Å². The molecule has 0 atom stereocenters. The molecule has 1 aliphatic heterocycles. The van der Waals surface area contributed by atoms with Crippen molar-refractivity contribution in [1.82, 2.24) is 9.29 Å². The van der Waals surface area contributed by atoms with Crippen LogP contribution in [0.3, 0.4) is 0 Å². The summed E-state index contributed by atoms with van der Waals surface area (Å²) in [6.07, 6.45) is -2.57. The second-order valence-electron chi connectivity index (χ2n) is 7.69. The standard InChI is InChI=1S/C22H19ClF3N3O3S/c23-18-6-7-19(20-17(18)5-2-10-27-20)28-21(30)14-8-11-29(12-9-14)33(31,32)16-4-1-3-15(13-16)22(24,25)26/h1-7,10,13-14H,8-9,11-12H2,(H,28,30). The lowest BCUT2D eigenvalue weighted by atomic mass is 9.97. The Morgan fingerprint density at radius 2 is 1.82 bits per heavy atom. The molecule has 1 amide bonds. The number of nitrogens with one attached hydrogen (secondary N) is 1. The second-order valence-corrected chi connectivity index (χ2v) is 10.0. The quantitative estimate of drug-likeness (QED) is 0.553. The minimum Gasteiger partial charge on any atom is -0.324 e. The van der Waals surface area contributed by atoms with Gasteiger partial charge in [-0.15, -0.1) is 0 Å². The highest BCUT2D eigenvalue weighted by Crippen LogP contribution is 2.33. The van der Waals surface area contributed by atoms with Gasteiger partial charge < -0.3 is 5.32 Å². The van der Waals surface area contributed by atoms with Crippen molar-refractivity contribution in [1.29, 1.82) is 0 Å². The lowest BCUT2D eigenvalue weighted by Crippen LogP contribution is -2.41. The maximum atomic E-state index is 13.0. The molecule has 3 aromatic rings. The molecule has 0 radical (unpaired) electrons. The Bertz CT molecular complexity index is 1310. The highest BCUT2D eigenvalue weighted by atomic mass is 35.5. The van der Waals surface area contributed by atoms with Gasteiger partial charge in [0.15, 0.2) is 0 Å². The van der Waals surface area contributed by atoms with Gasteiger partial charge in [0.05, 0.1) is 26.7 Å². The molecule has 6 nitrogen and oxygen atoms in total. The number of alkyl halides is 3. The van der Waals surface area contributed by atoms with E-state index in [0.717, 1.165) is 22.5 Å². The van der Waals surface area contributed by atoms with E-state index in [9.17, 15) is 26.4 Å². The number of aromatic nitrogens is 1. The van der Waals surface area contributed by atoms with Crippen LogP contribution in [0.4, 0.5) is 18.9 Å². The second kappa shape index (κ2) is 8.92. The van der Waals surface area contributed by atoms with Crippen LogP contribution < -0.4 is 5.32 Å². The molecular formula is C22H19ClF3N3O3S. The smallest absolute Gasteiger partial charge is 0.324 e. The fourth-order valence-corrected chi connectivity index (χ4v) is 5.55. The summed E-state index contributed by atoms with van der Waals surface area (Å²) in [4.78, 5) is 16.7. The first-order valence-corrected chi connectivity index (χ1v) is 11.9. The van der Waals surface area contributed by atoms with Crippen molar-refractivity contribution in [3.63, 3.8) is 0 Å². The van der Waals surface area contributed by atoms with E-state index in [1.807, 2.05) is 0 Å². The number of sulfonamides is 1. The molecular weight excluding hydrogens is 479 g/mol. The molecule has 33 heavy (non-hydrogen) atoms. The number of carbonyl (C=O) groups is 1. The SMILES string of the molecule is O=C(Nc1ccc(Cl)c2cccnc12)C1CCN(S(=O)(=O)c2cccc(C(F)(F)F)c2)CC1. The monoisotopic (exact) mass is 497 g/mol.